The van der Waals surface area contributed by atoms with E-state index in [1.165, 1.54) is 6.33 Å². The van der Waals surface area contributed by atoms with Crippen LogP contribution in [0.1, 0.15) is 5.69 Å². The van der Waals surface area contributed by atoms with E-state index < -0.39 is 11.7 Å². The molecule has 10 heteroatoms. The van der Waals surface area contributed by atoms with Crippen molar-refractivity contribution in [2.75, 3.05) is 18.2 Å². The second-order valence-electron chi connectivity index (χ2n) is 8.34. The van der Waals surface area contributed by atoms with Crippen LogP contribution in [0.3, 0.4) is 0 Å². The Morgan fingerprint density at radius 1 is 1.03 bits per heavy atom. The number of benzene rings is 2. The molecule has 0 unspecified atom stereocenters. The Balaban J connectivity index is 1.60. The molecule has 0 saturated heterocycles. The van der Waals surface area contributed by atoms with Crippen LogP contribution in [0.2, 0.25) is 0 Å². The van der Waals surface area contributed by atoms with Gasteiger partial charge in [-0.1, -0.05) is 36.9 Å². The summed E-state index contributed by atoms with van der Waals surface area (Å²) < 4.78 is 26.4. The molecule has 0 saturated carbocycles. The molecule has 190 valence electrons. The van der Waals surface area contributed by atoms with Crippen molar-refractivity contribution in [2.45, 2.75) is 6.92 Å². The van der Waals surface area contributed by atoms with Gasteiger partial charge in [0.15, 0.2) is 11.6 Å². The van der Waals surface area contributed by atoms with Gasteiger partial charge in [-0.2, -0.15) is 9.61 Å². The number of aryl methyl sites for hydroxylation is 1. The number of halogens is 1. The van der Waals surface area contributed by atoms with Crippen molar-refractivity contribution >= 4 is 22.9 Å². The molecule has 3 heterocycles. The number of anilines is 2. The zero-order valence-electron chi connectivity index (χ0n) is 20.6. The van der Waals surface area contributed by atoms with Crippen LogP contribution in [-0.2, 0) is 4.79 Å². The molecule has 0 fully saturated rings. The molecule has 3 aromatic heterocycles. The van der Waals surface area contributed by atoms with Crippen LogP contribution in [-0.4, -0.2) is 32.6 Å². The van der Waals surface area contributed by atoms with Gasteiger partial charge in [-0.25, -0.2) is 14.4 Å². The number of aromatic nitrogens is 4. The van der Waals surface area contributed by atoms with E-state index in [9.17, 15) is 9.18 Å². The van der Waals surface area contributed by atoms with E-state index in [1.807, 2.05) is 43.3 Å². The van der Waals surface area contributed by atoms with Gasteiger partial charge in [0.1, 0.15) is 17.6 Å². The molecule has 2 aromatic carbocycles. The predicted octanol–water partition coefficient (Wildman–Crippen LogP) is 5.57. The number of nitrogens with two attached hydrogens (primary N) is 1. The minimum absolute atomic E-state index is 0.272. The SMILES string of the molecule is C=C(F)C(=O)Nc1ccc(-c2c(-c3ccc(Oc4cccc(C)n4)cc3)c3c(N)ncnn3c2OC)cc1. The lowest BCUT2D eigenvalue weighted by molar-refractivity contribution is -0.114. The number of methoxy groups -OCH3 is 1. The lowest BCUT2D eigenvalue weighted by atomic mass is 9.97. The molecule has 1 amide bonds. The number of hydrogen-bond acceptors (Lipinski definition) is 7. The Bertz CT molecular complexity index is 1660. The molecule has 0 aliphatic heterocycles. The second kappa shape index (κ2) is 10.0. The van der Waals surface area contributed by atoms with Gasteiger partial charge in [-0.05, 0) is 48.4 Å². The first-order valence-electron chi connectivity index (χ1n) is 11.5. The number of ether oxygens (including phenoxy) is 2. The van der Waals surface area contributed by atoms with Gasteiger partial charge in [0.25, 0.3) is 5.91 Å². The van der Waals surface area contributed by atoms with Crippen LogP contribution in [0.15, 0.2) is 85.5 Å². The largest absolute Gasteiger partial charge is 0.480 e. The van der Waals surface area contributed by atoms with Gasteiger partial charge in [-0.15, -0.1) is 0 Å². The Morgan fingerprint density at radius 3 is 2.37 bits per heavy atom. The summed E-state index contributed by atoms with van der Waals surface area (Å²) in [5, 5.41) is 6.81. The Kier molecular flexibility index (Phi) is 6.44. The van der Waals surface area contributed by atoms with Crippen molar-refractivity contribution in [1.82, 2.24) is 19.6 Å². The van der Waals surface area contributed by atoms with E-state index in [0.29, 0.717) is 34.3 Å². The monoisotopic (exact) mass is 510 g/mol. The fraction of sp³-hybridized carbons (Fsp3) is 0.0714. The van der Waals surface area contributed by atoms with E-state index in [2.05, 4.69) is 27.0 Å². The minimum Gasteiger partial charge on any atom is -0.480 e. The highest BCUT2D eigenvalue weighted by molar-refractivity contribution is 6.03. The van der Waals surface area contributed by atoms with E-state index in [-0.39, 0.29) is 5.82 Å². The standard InChI is InChI=1S/C28H23FN6O3/c1-16-5-4-6-22(33-16)38-21-13-9-18(10-14-21)23-24(28(37-3)35-25(23)26(30)31-15-32-35)19-7-11-20(12-8-19)34-27(36)17(2)29/h4-15H,2H2,1,3H3,(H,34,36)(H2,30,31,32). The summed E-state index contributed by atoms with van der Waals surface area (Å²) in [6.07, 6.45) is 1.35. The number of fused-ring (bicyclic) bond motifs is 1. The quantitative estimate of drug-likeness (QED) is 0.275. The number of nitrogens with zero attached hydrogens (tertiary/aromatic N) is 4. The maximum atomic E-state index is 13.1. The van der Waals surface area contributed by atoms with E-state index in [0.717, 1.165) is 22.4 Å². The molecular formula is C28H23FN6O3. The number of amides is 1. The van der Waals surface area contributed by atoms with Crippen molar-refractivity contribution in [3.8, 4) is 39.8 Å². The highest BCUT2D eigenvalue weighted by Crippen LogP contribution is 2.45. The summed E-state index contributed by atoms with van der Waals surface area (Å²) in [4.78, 5) is 20.2. The molecule has 38 heavy (non-hydrogen) atoms. The summed E-state index contributed by atoms with van der Waals surface area (Å²) in [6, 6.07) is 19.9. The normalized spacial score (nSPS) is 10.8. The Morgan fingerprint density at radius 2 is 1.71 bits per heavy atom. The summed E-state index contributed by atoms with van der Waals surface area (Å²) in [7, 11) is 1.54. The number of carbonyl (C=O) groups is 1. The number of nitrogen functional groups attached to an aromatic ring is 1. The van der Waals surface area contributed by atoms with Gasteiger partial charge in [-0.3, -0.25) is 4.79 Å². The lowest BCUT2D eigenvalue weighted by Gasteiger charge is -2.10. The van der Waals surface area contributed by atoms with Crippen molar-refractivity contribution in [3.63, 3.8) is 0 Å². The molecule has 5 aromatic rings. The van der Waals surface area contributed by atoms with Crippen LogP contribution in [0.5, 0.6) is 17.5 Å². The molecule has 3 N–H and O–H groups in total. The highest BCUT2D eigenvalue weighted by Gasteiger charge is 2.25. The summed E-state index contributed by atoms with van der Waals surface area (Å²) in [5.74, 6) is -0.150. The smallest absolute Gasteiger partial charge is 0.283 e. The molecule has 0 spiro atoms. The number of rotatable bonds is 7. The zero-order valence-corrected chi connectivity index (χ0v) is 20.6. The van der Waals surface area contributed by atoms with Crippen LogP contribution < -0.4 is 20.5 Å². The van der Waals surface area contributed by atoms with E-state index >= 15 is 0 Å². The van der Waals surface area contributed by atoms with Crippen molar-refractivity contribution in [3.05, 3.63) is 91.2 Å². The first-order valence-corrected chi connectivity index (χ1v) is 11.5. The van der Waals surface area contributed by atoms with Crippen LogP contribution in [0, 0.1) is 6.92 Å². The Labute approximate surface area is 217 Å². The van der Waals surface area contributed by atoms with E-state index in [4.69, 9.17) is 15.2 Å². The minimum atomic E-state index is -1.07. The molecule has 0 bridgehead atoms. The number of hydrogen-bond donors (Lipinski definition) is 2. The predicted molar refractivity (Wildman–Crippen MR) is 143 cm³/mol. The number of carbonyl (C=O) groups excluding carboxylic acids is 1. The van der Waals surface area contributed by atoms with Gasteiger partial charge in [0.05, 0.1) is 12.7 Å². The van der Waals surface area contributed by atoms with Gasteiger partial charge in [0, 0.05) is 23.0 Å². The average Bonchev–Trinajstić information content (AvgIpc) is 3.25. The maximum Gasteiger partial charge on any atom is 0.283 e. The summed E-state index contributed by atoms with van der Waals surface area (Å²) in [6.45, 7) is 4.91. The lowest BCUT2D eigenvalue weighted by Crippen LogP contribution is -2.10. The molecule has 5 rings (SSSR count). The topological polar surface area (TPSA) is 117 Å². The molecular weight excluding hydrogens is 487 g/mol. The van der Waals surface area contributed by atoms with Gasteiger partial charge >= 0.3 is 0 Å². The molecule has 0 aliphatic rings. The molecule has 9 nitrogen and oxygen atoms in total. The first kappa shape index (κ1) is 24.4. The van der Waals surface area contributed by atoms with Gasteiger partial charge in [0.2, 0.25) is 11.8 Å². The molecule has 0 radical (unpaired) electrons. The third-order valence-corrected chi connectivity index (χ3v) is 5.81. The number of nitrogens with one attached hydrogen (secondary N) is 1. The third kappa shape index (κ3) is 4.62. The maximum absolute atomic E-state index is 13.1. The fourth-order valence-corrected chi connectivity index (χ4v) is 4.13. The summed E-state index contributed by atoms with van der Waals surface area (Å²) >= 11 is 0. The van der Waals surface area contributed by atoms with Crippen LogP contribution >= 0.6 is 0 Å². The van der Waals surface area contributed by atoms with Crippen molar-refractivity contribution in [2.24, 2.45) is 0 Å². The first-order chi connectivity index (χ1) is 18.4. The Hall–Kier alpha value is -5.25. The summed E-state index contributed by atoms with van der Waals surface area (Å²) in [5.41, 5.74) is 11.2. The molecule has 0 aliphatic carbocycles. The number of pyridine rings is 1. The zero-order chi connectivity index (χ0) is 26.8. The van der Waals surface area contributed by atoms with Crippen LogP contribution in [0.25, 0.3) is 27.8 Å². The van der Waals surface area contributed by atoms with Crippen LogP contribution in [0.4, 0.5) is 15.9 Å². The fourth-order valence-electron chi connectivity index (χ4n) is 4.13. The van der Waals surface area contributed by atoms with E-state index in [1.54, 1.807) is 42.0 Å². The van der Waals surface area contributed by atoms with Gasteiger partial charge < -0.3 is 20.5 Å². The van der Waals surface area contributed by atoms with Crippen molar-refractivity contribution < 1.29 is 18.7 Å². The average molecular weight is 511 g/mol. The highest BCUT2D eigenvalue weighted by atomic mass is 19.1. The molecule has 0 atom stereocenters. The van der Waals surface area contributed by atoms with Crippen molar-refractivity contribution in [1.29, 1.82) is 0 Å². The second-order valence-corrected chi connectivity index (χ2v) is 8.34. The third-order valence-electron chi connectivity index (χ3n) is 5.81.